The van der Waals surface area contributed by atoms with Gasteiger partial charge in [-0.25, -0.2) is 0 Å². The average Bonchev–Trinajstić information content (AvgIpc) is 2.91. The molecule has 1 N–H and O–H groups in total. The van der Waals surface area contributed by atoms with Gasteiger partial charge in [-0.05, 0) is 20.0 Å². The second-order valence-electron chi connectivity index (χ2n) is 5.53. The lowest BCUT2D eigenvalue weighted by Crippen LogP contribution is -2.52. The lowest BCUT2D eigenvalue weighted by atomic mass is 10.2. The lowest BCUT2D eigenvalue weighted by molar-refractivity contribution is 0.0850. The fourth-order valence-electron chi connectivity index (χ4n) is 2.77. The molecule has 2 heterocycles. The number of nitrogens with zero attached hydrogens (tertiary/aromatic N) is 5. The molecule has 6 heteroatoms. The first-order valence-electron chi connectivity index (χ1n) is 7.79. The van der Waals surface area contributed by atoms with Gasteiger partial charge in [0.1, 0.15) is 0 Å². The van der Waals surface area contributed by atoms with E-state index in [2.05, 4.69) is 46.2 Å². The van der Waals surface area contributed by atoms with Gasteiger partial charge >= 0.3 is 0 Å². The maximum atomic E-state index is 4.19. The van der Waals surface area contributed by atoms with Crippen molar-refractivity contribution in [1.82, 2.24) is 30.1 Å². The second kappa shape index (κ2) is 7.71. The number of hydrogen-bond acceptors (Lipinski definition) is 5. The van der Waals surface area contributed by atoms with Crippen LogP contribution in [-0.4, -0.2) is 70.1 Å². The molecule has 1 aliphatic rings. The van der Waals surface area contributed by atoms with Crippen LogP contribution >= 0.6 is 0 Å². The van der Waals surface area contributed by atoms with Gasteiger partial charge in [-0.1, -0.05) is 19.1 Å². The highest BCUT2D eigenvalue weighted by molar-refractivity contribution is 4.91. The summed E-state index contributed by atoms with van der Waals surface area (Å²) < 4.78 is 1.96. The van der Waals surface area contributed by atoms with Crippen molar-refractivity contribution in [2.24, 2.45) is 0 Å². The molecule has 1 aliphatic heterocycles. The van der Waals surface area contributed by atoms with E-state index in [1.807, 2.05) is 10.9 Å². The summed E-state index contributed by atoms with van der Waals surface area (Å²) >= 11 is 0. The second-order valence-corrected chi connectivity index (χ2v) is 5.53. The third-order valence-electron chi connectivity index (χ3n) is 4.04. The van der Waals surface area contributed by atoms with E-state index in [0.29, 0.717) is 6.04 Å². The molecular formula is C14H28N6. The van der Waals surface area contributed by atoms with E-state index >= 15 is 0 Å². The summed E-state index contributed by atoms with van der Waals surface area (Å²) in [6.45, 7) is 15.1. The Morgan fingerprint density at radius 1 is 1.30 bits per heavy atom. The Balaban J connectivity index is 1.74. The minimum absolute atomic E-state index is 0.661. The predicted molar refractivity (Wildman–Crippen MR) is 80.6 cm³/mol. The van der Waals surface area contributed by atoms with Crippen LogP contribution in [-0.2, 0) is 13.1 Å². The molecule has 1 unspecified atom stereocenters. The molecular weight excluding hydrogens is 252 g/mol. The standard InChI is InChI=1S/C14H28N6/c1-4-15-10-14-12-20(17-16-14)9-7-18-6-8-19(5-2)13(3)11-18/h12-13,15H,4-11H2,1-3H3. The van der Waals surface area contributed by atoms with Gasteiger partial charge in [-0.2, -0.15) is 0 Å². The molecule has 0 radical (unpaired) electrons. The van der Waals surface area contributed by atoms with Crippen LogP contribution < -0.4 is 5.32 Å². The Morgan fingerprint density at radius 2 is 2.15 bits per heavy atom. The third-order valence-corrected chi connectivity index (χ3v) is 4.04. The zero-order valence-corrected chi connectivity index (χ0v) is 13.0. The number of rotatable bonds is 7. The summed E-state index contributed by atoms with van der Waals surface area (Å²) in [5.41, 5.74) is 1.02. The van der Waals surface area contributed by atoms with Crippen LogP contribution in [0.4, 0.5) is 0 Å². The first-order chi connectivity index (χ1) is 9.72. The van der Waals surface area contributed by atoms with Gasteiger partial charge in [0.2, 0.25) is 0 Å². The highest BCUT2D eigenvalue weighted by Gasteiger charge is 2.21. The molecule has 1 fully saturated rings. The number of piperazine rings is 1. The number of likely N-dealkylation sites (N-methyl/N-ethyl adjacent to an activating group) is 1. The van der Waals surface area contributed by atoms with E-state index in [0.717, 1.165) is 51.5 Å². The highest BCUT2D eigenvalue weighted by atomic mass is 15.4. The minimum atomic E-state index is 0.661. The van der Waals surface area contributed by atoms with Gasteiger partial charge in [-0.15, -0.1) is 5.10 Å². The van der Waals surface area contributed by atoms with Gasteiger partial charge in [0.05, 0.1) is 12.2 Å². The van der Waals surface area contributed by atoms with Crippen LogP contribution in [0.25, 0.3) is 0 Å². The predicted octanol–water partition coefficient (Wildman–Crippen LogP) is 0.414. The van der Waals surface area contributed by atoms with E-state index in [1.165, 1.54) is 6.54 Å². The molecule has 0 aromatic carbocycles. The Bertz CT molecular complexity index is 391. The minimum Gasteiger partial charge on any atom is -0.311 e. The Labute approximate surface area is 122 Å². The SMILES string of the molecule is CCNCc1cn(CCN2CCN(CC)C(C)C2)nn1. The monoisotopic (exact) mass is 280 g/mol. The first-order valence-corrected chi connectivity index (χ1v) is 7.79. The summed E-state index contributed by atoms with van der Waals surface area (Å²) in [5.74, 6) is 0. The molecule has 1 saturated heterocycles. The number of aromatic nitrogens is 3. The molecule has 6 nitrogen and oxygen atoms in total. The largest absolute Gasteiger partial charge is 0.311 e. The van der Waals surface area contributed by atoms with Crippen molar-refractivity contribution in [2.45, 2.75) is 39.9 Å². The van der Waals surface area contributed by atoms with Crippen LogP contribution in [0, 0.1) is 0 Å². The maximum Gasteiger partial charge on any atom is 0.0964 e. The van der Waals surface area contributed by atoms with Crippen molar-refractivity contribution in [3.63, 3.8) is 0 Å². The third kappa shape index (κ3) is 4.26. The molecule has 1 atom stereocenters. The molecule has 0 aliphatic carbocycles. The van der Waals surface area contributed by atoms with Gasteiger partial charge in [0, 0.05) is 45.0 Å². The van der Waals surface area contributed by atoms with Crippen LogP contribution in [0.2, 0.25) is 0 Å². The normalized spacial score (nSPS) is 21.4. The van der Waals surface area contributed by atoms with Crippen molar-refractivity contribution < 1.29 is 0 Å². The van der Waals surface area contributed by atoms with Gasteiger partial charge < -0.3 is 5.32 Å². The first kappa shape index (κ1) is 15.4. The van der Waals surface area contributed by atoms with Crippen molar-refractivity contribution in [2.75, 3.05) is 39.3 Å². The topological polar surface area (TPSA) is 49.2 Å². The smallest absolute Gasteiger partial charge is 0.0964 e. The van der Waals surface area contributed by atoms with Crippen molar-refractivity contribution in [1.29, 1.82) is 0 Å². The van der Waals surface area contributed by atoms with Crippen LogP contribution in [0.15, 0.2) is 6.20 Å². The summed E-state index contributed by atoms with van der Waals surface area (Å²) in [4.78, 5) is 5.07. The summed E-state index contributed by atoms with van der Waals surface area (Å²) in [7, 11) is 0. The zero-order valence-electron chi connectivity index (χ0n) is 13.0. The van der Waals surface area contributed by atoms with E-state index in [-0.39, 0.29) is 0 Å². The molecule has 20 heavy (non-hydrogen) atoms. The molecule has 0 spiro atoms. The van der Waals surface area contributed by atoms with Crippen LogP contribution in [0.3, 0.4) is 0 Å². The summed E-state index contributed by atoms with van der Waals surface area (Å²) in [6.07, 6.45) is 2.05. The van der Waals surface area contributed by atoms with Crippen molar-refractivity contribution in [3.8, 4) is 0 Å². The number of hydrogen-bond donors (Lipinski definition) is 1. The van der Waals surface area contributed by atoms with Crippen LogP contribution in [0.1, 0.15) is 26.5 Å². The Kier molecular flexibility index (Phi) is 5.94. The summed E-state index contributed by atoms with van der Waals surface area (Å²) in [6, 6.07) is 0.661. The molecule has 1 aromatic heterocycles. The Morgan fingerprint density at radius 3 is 2.85 bits per heavy atom. The lowest BCUT2D eigenvalue weighted by Gasteiger charge is -2.39. The molecule has 2 rings (SSSR count). The molecule has 0 bridgehead atoms. The average molecular weight is 280 g/mol. The van der Waals surface area contributed by atoms with Crippen molar-refractivity contribution in [3.05, 3.63) is 11.9 Å². The van der Waals surface area contributed by atoms with Crippen molar-refractivity contribution >= 4 is 0 Å². The molecule has 0 amide bonds. The highest BCUT2D eigenvalue weighted by Crippen LogP contribution is 2.08. The van der Waals surface area contributed by atoms with E-state index in [4.69, 9.17) is 0 Å². The van der Waals surface area contributed by atoms with E-state index in [9.17, 15) is 0 Å². The maximum absolute atomic E-state index is 4.19. The fraction of sp³-hybridized carbons (Fsp3) is 0.857. The molecule has 1 aromatic rings. The zero-order chi connectivity index (χ0) is 14.4. The van der Waals surface area contributed by atoms with E-state index in [1.54, 1.807) is 0 Å². The quantitative estimate of drug-likeness (QED) is 0.784. The van der Waals surface area contributed by atoms with E-state index < -0.39 is 0 Å². The van der Waals surface area contributed by atoms with Gasteiger partial charge in [0.15, 0.2) is 0 Å². The molecule has 114 valence electrons. The summed E-state index contributed by atoms with van der Waals surface area (Å²) in [5, 5.41) is 11.6. The Hall–Kier alpha value is -0.980. The van der Waals surface area contributed by atoms with Crippen LogP contribution in [0.5, 0.6) is 0 Å². The van der Waals surface area contributed by atoms with Gasteiger partial charge in [0.25, 0.3) is 0 Å². The van der Waals surface area contributed by atoms with Gasteiger partial charge in [-0.3, -0.25) is 14.5 Å². The fourth-order valence-corrected chi connectivity index (χ4v) is 2.77. The molecule has 0 saturated carbocycles. The number of nitrogens with one attached hydrogen (secondary N) is 1.